The van der Waals surface area contributed by atoms with Crippen LogP contribution in [-0.4, -0.2) is 9.67 Å². The summed E-state index contributed by atoms with van der Waals surface area (Å²) in [4.78, 5) is 0. The van der Waals surface area contributed by atoms with Gasteiger partial charge in [-0.25, -0.2) is 8.78 Å². The molecule has 5 heteroatoms. The molecule has 0 aliphatic carbocycles. The maximum Gasteiger partial charge on any atom is 0.145 e. The molecular weight excluding hydrogens is 292 g/mol. The zero-order valence-corrected chi connectivity index (χ0v) is 10.4. The summed E-state index contributed by atoms with van der Waals surface area (Å²) in [5.41, 5.74) is 0.709. The highest BCUT2D eigenvalue weighted by Crippen LogP contribution is 2.22. The predicted molar refractivity (Wildman–Crippen MR) is 63.5 cm³/mol. The van der Waals surface area contributed by atoms with Crippen molar-refractivity contribution in [3.05, 3.63) is 57.8 Å². The number of halogens is 3. The van der Waals surface area contributed by atoms with Crippen LogP contribution in [-0.2, 0) is 13.2 Å². The first-order chi connectivity index (χ1) is 8.11. The Hall–Kier alpha value is -1.20. The molecule has 0 bridgehead atoms. The Labute approximate surface area is 106 Å². The monoisotopic (exact) mass is 301 g/mol. The number of aromatic nitrogens is 1. The van der Waals surface area contributed by atoms with E-state index in [1.165, 1.54) is 12.1 Å². The molecule has 2 rings (SSSR count). The van der Waals surface area contributed by atoms with E-state index in [4.69, 9.17) is 5.11 Å². The fraction of sp³-hybridized carbons (Fsp3) is 0.167. The summed E-state index contributed by atoms with van der Waals surface area (Å²) in [6, 6.07) is 4.26. The lowest BCUT2D eigenvalue weighted by molar-refractivity contribution is 0.281. The summed E-state index contributed by atoms with van der Waals surface area (Å²) in [6.07, 6.45) is 3.32. The zero-order chi connectivity index (χ0) is 12.4. The van der Waals surface area contributed by atoms with Crippen molar-refractivity contribution >= 4 is 15.9 Å². The van der Waals surface area contributed by atoms with Gasteiger partial charge >= 0.3 is 0 Å². The Morgan fingerprint density at radius 2 is 2.00 bits per heavy atom. The van der Waals surface area contributed by atoms with Crippen LogP contribution in [0.1, 0.15) is 11.1 Å². The fourth-order valence-corrected chi connectivity index (χ4v) is 1.95. The van der Waals surface area contributed by atoms with Crippen molar-refractivity contribution in [3.8, 4) is 0 Å². The Kier molecular flexibility index (Phi) is 3.59. The van der Waals surface area contributed by atoms with Crippen molar-refractivity contribution in [1.82, 2.24) is 4.57 Å². The summed E-state index contributed by atoms with van der Waals surface area (Å²) in [7, 11) is 0. The molecule has 1 heterocycles. The van der Waals surface area contributed by atoms with Crippen molar-refractivity contribution in [3.63, 3.8) is 0 Å². The lowest BCUT2D eigenvalue weighted by Crippen LogP contribution is -2.03. The first kappa shape index (κ1) is 12.3. The van der Waals surface area contributed by atoms with E-state index < -0.39 is 11.6 Å². The third-order valence-electron chi connectivity index (χ3n) is 2.47. The van der Waals surface area contributed by atoms with Gasteiger partial charge in [-0.1, -0.05) is 0 Å². The lowest BCUT2D eigenvalue weighted by atomic mass is 10.2. The van der Waals surface area contributed by atoms with Crippen LogP contribution in [0.2, 0.25) is 0 Å². The molecule has 0 spiro atoms. The maximum atomic E-state index is 13.7. The molecule has 0 aliphatic heterocycles. The average Bonchev–Trinajstić information content (AvgIpc) is 2.77. The summed E-state index contributed by atoms with van der Waals surface area (Å²) >= 11 is 3.02. The highest BCUT2D eigenvalue weighted by molar-refractivity contribution is 9.10. The number of aliphatic hydroxyl groups excluding tert-OH is 1. The molecule has 2 nitrogen and oxygen atoms in total. The van der Waals surface area contributed by atoms with Gasteiger partial charge in [-0.3, -0.25) is 0 Å². The standard InChI is InChI=1S/C12H10BrF2NO/c13-10-1-2-11(14)9(12(10)15)6-16-4-3-8(5-16)7-17/h1-5,17H,6-7H2. The Morgan fingerprint density at radius 1 is 1.24 bits per heavy atom. The lowest BCUT2D eigenvalue weighted by Gasteiger charge is -2.07. The summed E-state index contributed by atoms with van der Waals surface area (Å²) < 4.78 is 29.0. The quantitative estimate of drug-likeness (QED) is 0.866. The molecule has 0 fully saturated rings. The number of hydrogen-bond acceptors (Lipinski definition) is 1. The number of rotatable bonds is 3. The molecule has 0 saturated carbocycles. The topological polar surface area (TPSA) is 25.2 Å². The van der Waals surface area contributed by atoms with E-state index in [0.29, 0.717) is 5.56 Å². The maximum absolute atomic E-state index is 13.7. The molecule has 1 aromatic heterocycles. The molecule has 1 N–H and O–H groups in total. The van der Waals surface area contributed by atoms with E-state index in [9.17, 15) is 8.78 Å². The van der Waals surface area contributed by atoms with Gasteiger partial charge < -0.3 is 9.67 Å². The van der Waals surface area contributed by atoms with E-state index in [0.717, 1.165) is 0 Å². The predicted octanol–water partition coefficient (Wildman–Crippen LogP) is 3.07. The van der Waals surface area contributed by atoms with Gasteiger partial charge in [0.1, 0.15) is 11.6 Å². The number of hydrogen-bond donors (Lipinski definition) is 1. The third kappa shape index (κ3) is 2.56. The van der Waals surface area contributed by atoms with Crippen LogP contribution >= 0.6 is 15.9 Å². The molecule has 0 saturated heterocycles. The highest BCUT2D eigenvalue weighted by Gasteiger charge is 2.12. The van der Waals surface area contributed by atoms with Crippen molar-refractivity contribution in [2.45, 2.75) is 13.2 Å². The van der Waals surface area contributed by atoms with Gasteiger partial charge in [0.25, 0.3) is 0 Å². The van der Waals surface area contributed by atoms with Gasteiger partial charge in [-0.05, 0) is 39.7 Å². The largest absolute Gasteiger partial charge is 0.392 e. The van der Waals surface area contributed by atoms with E-state index in [1.54, 1.807) is 23.0 Å². The second-order valence-corrected chi connectivity index (χ2v) is 4.53. The first-order valence-corrected chi connectivity index (χ1v) is 5.79. The summed E-state index contributed by atoms with van der Waals surface area (Å²) in [5.74, 6) is -1.17. The van der Waals surface area contributed by atoms with Crippen LogP contribution in [0.4, 0.5) is 8.78 Å². The minimum Gasteiger partial charge on any atom is -0.392 e. The van der Waals surface area contributed by atoms with Gasteiger partial charge in [-0.15, -0.1) is 0 Å². The summed E-state index contributed by atoms with van der Waals surface area (Å²) in [5, 5.41) is 8.90. The van der Waals surface area contributed by atoms with Crippen LogP contribution in [0.25, 0.3) is 0 Å². The van der Waals surface area contributed by atoms with Gasteiger partial charge in [0.05, 0.1) is 17.6 Å². The highest BCUT2D eigenvalue weighted by atomic mass is 79.9. The molecule has 90 valence electrons. The Morgan fingerprint density at radius 3 is 2.65 bits per heavy atom. The molecule has 0 radical (unpaired) electrons. The van der Waals surface area contributed by atoms with Crippen LogP contribution in [0.5, 0.6) is 0 Å². The average molecular weight is 302 g/mol. The molecule has 0 amide bonds. The van der Waals surface area contributed by atoms with Gasteiger partial charge in [0.2, 0.25) is 0 Å². The second-order valence-electron chi connectivity index (χ2n) is 3.67. The molecule has 0 unspecified atom stereocenters. The molecule has 2 aromatic rings. The molecular formula is C12H10BrF2NO. The number of nitrogens with zero attached hydrogens (tertiary/aromatic N) is 1. The zero-order valence-electron chi connectivity index (χ0n) is 8.83. The van der Waals surface area contributed by atoms with Gasteiger partial charge in [0, 0.05) is 18.0 Å². The van der Waals surface area contributed by atoms with Crippen molar-refractivity contribution in [1.29, 1.82) is 0 Å². The van der Waals surface area contributed by atoms with Gasteiger partial charge in [-0.2, -0.15) is 0 Å². The van der Waals surface area contributed by atoms with Crippen molar-refractivity contribution in [2.24, 2.45) is 0 Å². The van der Waals surface area contributed by atoms with Gasteiger partial charge in [0.15, 0.2) is 0 Å². The first-order valence-electron chi connectivity index (χ1n) is 4.99. The fourth-order valence-electron chi connectivity index (χ4n) is 1.58. The summed E-state index contributed by atoms with van der Waals surface area (Å²) in [6.45, 7) is 0.00750. The van der Waals surface area contributed by atoms with E-state index >= 15 is 0 Å². The molecule has 1 aromatic carbocycles. The van der Waals surface area contributed by atoms with Crippen LogP contribution in [0.15, 0.2) is 35.1 Å². The molecule has 0 atom stereocenters. The van der Waals surface area contributed by atoms with E-state index in [2.05, 4.69) is 15.9 Å². The van der Waals surface area contributed by atoms with E-state index in [1.807, 2.05) is 0 Å². The normalized spacial score (nSPS) is 10.8. The third-order valence-corrected chi connectivity index (χ3v) is 3.09. The van der Waals surface area contributed by atoms with Crippen LogP contribution < -0.4 is 0 Å². The second kappa shape index (κ2) is 4.98. The number of benzene rings is 1. The van der Waals surface area contributed by atoms with Crippen LogP contribution in [0.3, 0.4) is 0 Å². The van der Waals surface area contributed by atoms with Crippen LogP contribution in [0, 0.1) is 11.6 Å². The Balaban J connectivity index is 2.32. The molecule has 0 aliphatic rings. The van der Waals surface area contributed by atoms with E-state index in [-0.39, 0.29) is 23.2 Å². The van der Waals surface area contributed by atoms with Crippen molar-refractivity contribution in [2.75, 3.05) is 0 Å². The minimum atomic E-state index is -0.593. The Bertz CT molecular complexity index is 539. The van der Waals surface area contributed by atoms with Crippen molar-refractivity contribution < 1.29 is 13.9 Å². The minimum absolute atomic E-state index is 0.000496. The SMILES string of the molecule is OCc1ccn(Cc2c(F)ccc(Br)c2F)c1. The smallest absolute Gasteiger partial charge is 0.145 e. The molecule has 17 heavy (non-hydrogen) atoms. The number of aliphatic hydroxyl groups is 1.